The monoisotopic (exact) mass is 462 g/mol. The van der Waals surface area contributed by atoms with Crippen molar-refractivity contribution in [1.82, 2.24) is 4.98 Å². The third-order valence-corrected chi connectivity index (χ3v) is 6.86. The molecule has 32 heavy (non-hydrogen) atoms. The standard InChI is InChI=1S/C25H22N2O3S2/c1-3-16-9-11-17(12-10-16)20-15-32-24(22(20)25(29)30-2)27-21(28)13-19-14-31-23(26-19)18-7-5-4-6-8-18/h4-12,14-15H,3,13H2,1-2H3,(H,27,28). The van der Waals surface area contributed by atoms with E-state index in [0.717, 1.165) is 28.1 Å². The Morgan fingerprint density at radius 2 is 1.72 bits per heavy atom. The highest BCUT2D eigenvalue weighted by Gasteiger charge is 2.22. The number of hydrogen-bond acceptors (Lipinski definition) is 6. The topological polar surface area (TPSA) is 68.3 Å². The maximum atomic E-state index is 12.7. The number of aromatic nitrogens is 1. The molecule has 1 N–H and O–H groups in total. The first-order valence-electron chi connectivity index (χ1n) is 10.2. The number of amides is 1. The fraction of sp³-hybridized carbons (Fsp3) is 0.160. The molecule has 0 aliphatic carbocycles. The van der Waals surface area contributed by atoms with Crippen LogP contribution in [0.2, 0.25) is 0 Å². The molecule has 0 bridgehead atoms. The van der Waals surface area contributed by atoms with Crippen LogP contribution in [0.4, 0.5) is 5.00 Å². The number of carbonyl (C=O) groups is 2. The normalized spacial score (nSPS) is 10.7. The molecule has 0 atom stereocenters. The Balaban J connectivity index is 1.53. The number of esters is 1. The van der Waals surface area contributed by atoms with Crippen LogP contribution in [0, 0.1) is 0 Å². The summed E-state index contributed by atoms with van der Waals surface area (Å²) in [4.78, 5) is 29.8. The van der Waals surface area contributed by atoms with E-state index in [1.807, 2.05) is 65.4 Å². The second-order valence-corrected chi connectivity index (χ2v) is 8.87. The van der Waals surface area contributed by atoms with Gasteiger partial charge >= 0.3 is 5.97 Å². The van der Waals surface area contributed by atoms with E-state index in [-0.39, 0.29) is 12.3 Å². The summed E-state index contributed by atoms with van der Waals surface area (Å²) in [6.45, 7) is 2.10. The molecule has 162 valence electrons. The van der Waals surface area contributed by atoms with Crippen molar-refractivity contribution in [3.05, 3.63) is 82.2 Å². The van der Waals surface area contributed by atoms with Gasteiger partial charge in [-0.25, -0.2) is 9.78 Å². The molecule has 0 aliphatic rings. The van der Waals surface area contributed by atoms with Gasteiger partial charge in [-0.3, -0.25) is 4.79 Å². The summed E-state index contributed by atoms with van der Waals surface area (Å²) in [5, 5.41) is 7.99. The van der Waals surface area contributed by atoms with Crippen LogP contribution in [-0.4, -0.2) is 24.0 Å². The van der Waals surface area contributed by atoms with Crippen molar-refractivity contribution in [2.75, 3.05) is 12.4 Å². The first-order chi connectivity index (χ1) is 15.6. The number of anilines is 1. The molecule has 0 saturated heterocycles. The molecule has 2 heterocycles. The van der Waals surface area contributed by atoms with E-state index in [4.69, 9.17) is 4.74 Å². The molecule has 1 amide bonds. The summed E-state index contributed by atoms with van der Waals surface area (Å²) in [6, 6.07) is 17.9. The van der Waals surface area contributed by atoms with Gasteiger partial charge in [0.25, 0.3) is 0 Å². The van der Waals surface area contributed by atoms with Crippen LogP contribution in [0.3, 0.4) is 0 Å². The molecule has 0 fully saturated rings. The Kier molecular flexibility index (Phi) is 6.78. The average molecular weight is 463 g/mol. The lowest BCUT2D eigenvalue weighted by atomic mass is 10.0. The maximum absolute atomic E-state index is 12.7. The summed E-state index contributed by atoms with van der Waals surface area (Å²) in [5.74, 6) is -0.703. The second kappa shape index (κ2) is 9.89. The summed E-state index contributed by atoms with van der Waals surface area (Å²) < 4.78 is 5.00. The lowest BCUT2D eigenvalue weighted by molar-refractivity contribution is -0.115. The van der Waals surface area contributed by atoms with Gasteiger partial charge in [0.05, 0.1) is 19.2 Å². The number of thiazole rings is 1. The van der Waals surface area contributed by atoms with Crippen molar-refractivity contribution in [1.29, 1.82) is 0 Å². The van der Waals surface area contributed by atoms with Crippen molar-refractivity contribution >= 4 is 39.6 Å². The lowest BCUT2D eigenvalue weighted by Crippen LogP contribution is -2.16. The molecule has 4 aromatic rings. The Morgan fingerprint density at radius 1 is 0.969 bits per heavy atom. The molecule has 0 unspecified atom stereocenters. The van der Waals surface area contributed by atoms with Crippen LogP contribution in [0.15, 0.2) is 65.4 Å². The van der Waals surface area contributed by atoms with E-state index in [0.29, 0.717) is 16.3 Å². The number of rotatable bonds is 7. The lowest BCUT2D eigenvalue weighted by Gasteiger charge is -2.08. The molecular weight excluding hydrogens is 440 g/mol. The van der Waals surface area contributed by atoms with Crippen LogP contribution >= 0.6 is 22.7 Å². The van der Waals surface area contributed by atoms with Crippen LogP contribution in [0.5, 0.6) is 0 Å². The molecule has 2 aromatic carbocycles. The first kappa shape index (κ1) is 21.9. The highest BCUT2D eigenvalue weighted by molar-refractivity contribution is 7.15. The number of hydrogen-bond donors (Lipinski definition) is 1. The number of benzene rings is 2. The van der Waals surface area contributed by atoms with Gasteiger partial charge in [0.2, 0.25) is 5.91 Å². The highest BCUT2D eigenvalue weighted by Crippen LogP contribution is 2.36. The van der Waals surface area contributed by atoms with Crippen molar-refractivity contribution in [2.24, 2.45) is 0 Å². The van der Waals surface area contributed by atoms with Gasteiger partial charge in [0.1, 0.15) is 15.6 Å². The van der Waals surface area contributed by atoms with Gasteiger partial charge in [-0.1, -0.05) is 61.5 Å². The van der Waals surface area contributed by atoms with Crippen LogP contribution < -0.4 is 5.32 Å². The van der Waals surface area contributed by atoms with Crippen molar-refractivity contribution in [3.63, 3.8) is 0 Å². The fourth-order valence-electron chi connectivity index (χ4n) is 3.32. The molecule has 0 spiro atoms. The molecule has 0 radical (unpaired) electrons. The van der Waals surface area contributed by atoms with E-state index >= 15 is 0 Å². The minimum absolute atomic E-state index is 0.127. The highest BCUT2D eigenvalue weighted by atomic mass is 32.1. The molecule has 5 nitrogen and oxygen atoms in total. The predicted molar refractivity (Wildman–Crippen MR) is 130 cm³/mol. The Labute approximate surface area is 194 Å². The minimum atomic E-state index is -0.476. The largest absolute Gasteiger partial charge is 0.465 e. The number of methoxy groups -OCH3 is 1. The quantitative estimate of drug-likeness (QED) is 0.339. The predicted octanol–water partition coefficient (Wildman–Crippen LogP) is 6.07. The van der Waals surface area contributed by atoms with Gasteiger partial charge in [-0.2, -0.15) is 0 Å². The third-order valence-electron chi connectivity index (χ3n) is 5.02. The average Bonchev–Trinajstić information content (AvgIpc) is 3.46. The van der Waals surface area contributed by atoms with Crippen LogP contribution in [0.1, 0.15) is 28.5 Å². The summed E-state index contributed by atoms with van der Waals surface area (Å²) in [7, 11) is 1.34. The molecule has 7 heteroatoms. The Bertz CT molecular complexity index is 1230. The molecule has 0 aliphatic heterocycles. The van der Waals surface area contributed by atoms with E-state index in [1.165, 1.54) is 35.3 Å². The summed E-state index contributed by atoms with van der Waals surface area (Å²) >= 11 is 2.82. The zero-order valence-electron chi connectivity index (χ0n) is 17.8. The van der Waals surface area contributed by atoms with E-state index in [2.05, 4.69) is 17.2 Å². The number of carbonyl (C=O) groups excluding carboxylic acids is 2. The van der Waals surface area contributed by atoms with E-state index in [9.17, 15) is 9.59 Å². The first-order valence-corrected chi connectivity index (χ1v) is 11.9. The van der Waals surface area contributed by atoms with Crippen LogP contribution in [0.25, 0.3) is 21.7 Å². The number of nitrogens with zero attached hydrogens (tertiary/aromatic N) is 1. The van der Waals surface area contributed by atoms with Gasteiger partial charge in [-0.15, -0.1) is 22.7 Å². The summed E-state index contributed by atoms with van der Waals surface area (Å²) in [5.41, 5.74) is 4.96. The molecule has 4 rings (SSSR count). The smallest absolute Gasteiger partial charge is 0.341 e. The molecular formula is C25H22N2O3S2. The fourth-order valence-corrected chi connectivity index (χ4v) is 5.12. The third kappa shape index (κ3) is 4.79. The van der Waals surface area contributed by atoms with Crippen LogP contribution in [-0.2, 0) is 22.4 Å². The SMILES string of the molecule is CCc1ccc(-c2csc(NC(=O)Cc3csc(-c4ccccc4)n3)c2C(=O)OC)cc1. The van der Waals surface area contributed by atoms with E-state index in [1.54, 1.807) is 0 Å². The number of aryl methyl sites for hydroxylation is 1. The van der Waals surface area contributed by atoms with Gasteiger partial charge in [0.15, 0.2) is 0 Å². The van der Waals surface area contributed by atoms with Gasteiger partial charge in [-0.05, 0) is 17.5 Å². The summed E-state index contributed by atoms with van der Waals surface area (Å²) in [6.07, 6.45) is 1.07. The van der Waals surface area contributed by atoms with E-state index < -0.39 is 5.97 Å². The minimum Gasteiger partial charge on any atom is -0.465 e. The van der Waals surface area contributed by atoms with Crippen molar-refractivity contribution < 1.29 is 14.3 Å². The number of ether oxygens (including phenoxy) is 1. The Morgan fingerprint density at radius 3 is 2.41 bits per heavy atom. The molecule has 0 saturated carbocycles. The van der Waals surface area contributed by atoms with Gasteiger partial charge in [0, 0.05) is 21.9 Å². The zero-order valence-corrected chi connectivity index (χ0v) is 19.4. The molecule has 2 aromatic heterocycles. The van der Waals surface area contributed by atoms with Gasteiger partial charge < -0.3 is 10.1 Å². The zero-order chi connectivity index (χ0) is 22.5. The number of nitrogens with one attached hydrogen (secondary N) is 1. The Hall–Kier alpha value is -3.29. The van der Waals surface area contributed by atoms with Crippen molar-refractivity contribution in [2.45, 2.75) is 19.8 Å². The second-order valence-electron chi connectivity index (χ2n) is 7.13. The number of thiophene rings is 1. The maximum Gasteiger partial charge on any atom is 0.341 e. The van der Waals surface area contributed by atoms with Crippen molar-refractivity contribution in [3.8, 4) is 21.7 Å².